The van der Waals surface area contributed by atoms with Crippen LogP contribution in [0.4, 0.5) is 13.2 Å². The number of thioether (sulfide) groups is 1. The first kappa shape index (κ1) is 16.6. The van der Waals surface area contributed by atoms with Gasteiger partial charge in [0.1, 0.15) is 0 Å². The van der Waals surface area contributed by atoms with Gasteiger partial charge in [0.15, 0.2) is 0 Å². The number of hydrogen-bond donors (Lipinski definition) is 0. The van der Waals surface area contributed by atoms with E-state index < -0.39 is 11.7 Å². The maximum atomic E-state index is 12.7. The normalized spacial score (nSPS) is 14.2. The van der Waals surface area contributed by atoms with E-state index >= 15 is 0 Å². The highest BCUT2D eigenvalue weighted by molar-refractivity contribution is 7.99. The van der Waals surface area contributed by atoms with Crippen LogP contribution in [0.15, 0.2) is 53.4 Å². The standard InChI is InChI=1S/C17H12F3NO2S/c18-17(19,20)11-4-3-5-12(10-11)24-9-8-21-15(22)13-6-1-2-7-14(13)16(21)23/h1-7,10H,8-9H2. The number of halogens is 3. The topological polar surface area (TPSA) is 37.4 Å². The van der Waals surface area contributed by atoms with Crippen molar-refractivity contribution in [3.63, 3.8) is 0 Å². The summed E-state index contributed by atoms with van der Waals surface area (Å²) in [5.74, 6) is -0.396. The second-order valence-corrected chi connectivity index (χ2v) is 6.35. The van der Waals surface area contributed by atoms with Crippen LogP contribution < -0.4 is 0 Å². The largest absolute Gasteiger partial charge is 0.416 e. The Labute approximate surface area is 140 Å². The van der Waals surface area contributed by atoms with Gasteiger partial charge in [0.25, 0.3) is 11.8 Å². The number of alkyl halides is 3. The number of hydrogen-bond acceptors (Lipinski definition) is 3. The first-order chi connectivity index (χ1) is 11.4. The molecule has 0 radical (unpaired) electrons. The molecule has 1 aliphatic rings. The molecule has 3 nitrogen and oxygen atoms in total. The van der Waals surface area contributed by atoms with Gasteiger partial charge in [0.05, 0.1) is 16.7 Å². The summed E-state index contributed by atoms with van der Waals surface area (Å²) < 4.78 is 38.0. The highest BCUT2D eigenvalue weighted by atomic mass is 32.2. The van der Waals surface area contributed by atoms with Crippen LogP contribution in [-0.4, -0.2) is 29.0 Å². The number of nitrogens with zero attached hydrogens (tertiary/aromatic N) is 1. The first-order valence-corrected chi connectivity index (χ1v) is 8.12. The molecule has 0 bridgehead atoms. The summed E-state index contributed by atoms with van der Waals surface area (Å²) in [5.41, 5.74) is 0.0198. The van der Waals surface area contributed by atoms with Gasteiger partial charge >= 0.3 is 6.18 Å². The van der Waals surface area contributed by atoms with Crippen molar-refractivity contribution in [2.24, 2.45) is 0 Å². The highest BCUT2D eigenvalue weighted by Gasteiger charge is 2.34. The van der Waals surface area contributed by atoms with Crippen molar-refractivity contribution in [2.45, 2.75) is 11.1 Å². The van der Waals surface area contributed by atoms with E-state index in [1.165, 1.54) is 17.8 Å². The summed E-state index contributed by atoms with van der Waals surface area (Å²) in [4.78, 5) is 25.9. The van der Waals surface area contributed by atoms with Crippen LogP contribution in [0.25, 0.3) is 0 Å². The average molecular weight is 351 g/mol. The minimum atomic E-state index is -4.39. The molecule has 3 rings (SSSR count). The van der Waals surface area contributed by atoms with Crippen LogP contribution in [0.1, 0.15) is 26.3 Å². The van der Waals surface area contributed by atoms with Gasteiger partial charge in [-0.25, -0.2) is 0 Å². The van der Waals surface area contributed by atoms with Crippen molar-refractivity contribution in [1.29, 1.82) is 0 Å². The molecule has 0 saturated heterocycles. The van der Waals surface area contributed by atoms with Crippen LogP contribution >= 0.6 is 11.8 Å². The third kappa shape index (κ3) is 3.17. The molecule has 0 fully saturated rings. The molecular formula is C17H12F3NO2S. The van der Waals surface area contributed by atoms with Gasteiger partial charge in [-0.15, -0.1) is 11.8 Å². The zero-order valence-corrected chi connectivity index (χ0v) is 13.2. The Morgan fingerprint density at radius 1 is 0.917 bits per heavy atom. The number of rotatable bonds is 4. The van der Waals surface area contributed by atoms with Gasteiger partial charge in [-0.1, -0.05) is 18.2 Å². The fourth-order valence-corrected chi connectivity index (χ4v) is 3.35. The van der Waals surface area contributed by atoms with Crippen molar-refractivity contribution in [2.75, 3.05) is 12.3 Å². The van der Waals surface area contributed by atoms with E-state index in [0.717, 1.165) is 17.0 Å². The number of carbonyl (C=O) groups is 2. The van der Waals surface area contributed by atoms with Crippen molar-refractivity contribution >= 4 is 23.6 Å². The van der Waals surface area contributed by atoms with Crippen LogP contribution in [0.5, 0.6) is 0 Å². The molecule has 124 valence electrons. The molecule has 2 aromatic carbocycles. The van der Waals surface area contributed by atoms with E-state index in [2.05, 4.69) is 0 Å². The van der Waals surface area contributed by atoms with Crippen molar-refractivity contribution in [3.8, 4) is 0 Å². The van der Waals surface area contributed by atoms with E-state index in [1.54, 1.807) is 30.3 Å². The summed E-state index contributed by atoms with van der Waals surface area (Å²) in [6, 6.07) is 11.5. The predicted octanol–water partition coefficient (Wildman–Crippen LogP) is 4.09. The number of fused-ring (bicyclic) bond motifs is 1. The van der Waals surface area contributed by atoms with Gasteiger partial charge in [0, 0.05) is 17.2 Å². The fraction of sp³-hybridized carbons (Fsp3) is 0.176. The molecule has 2 amide bonds. The number of benzene rings is 2. The van der Waals surface area contributed by atoms with Gasteiger partial charge in [-0.3, -0.25) is 14.5 Å². The van der Waals surface area contributed by atoms with Crippen LogP contribution in [0.3, 0.4) is 0 Å². The summed E-state index contributed by atoms with van der Waals surface area (Å²) in [6.07, 6.45) is -4.39. The van der Waals surface area contributed by atoms with Crippen LogP contribution in [0.2, 0.25) is 0 Å². The molecule has 0 N–H and O–H groups in total. The second kappa shape index (κ2) is 6.32. The fourth-order valence-electron chi connectivity index (χ4n) is 2.46. The third-order valence-electron chi connectivity index (χ3n) is 3.62. The lowest BCUT2D eigenvalue weighted by Crippen LogP contribution is -2.31. The number of amides is 2. The molecule has 1 heterocycles. The Morgan fingerprint density at radius 2 is 1.54 bits per heavy atom. The first-order valence-electron chi connectivity index (χ1n) is 7.13. The molecular weight excluding hydrogens is 339 g/mol. The predicted molar refractivity (Wildman–Crippen MR) is 84.0 cm³/mol. The van der Waals surface area contributed by atoms with Crippen LogP contribution in [-0.2, 0) is 6.18 Å². The highest BCUT2D eigenvalue weighted by Crippen LogP contribution is 2.32. The van der Waals surface area contributed by atoms with E-state index in [0.29, 0.717) is 21.8 Å². The molecule has 0 atom stereocenters. The van der Waals surface area contributed by atoms with E-state index in [1.807, 2.05) is 0 Å². The minimum Gasteiger partial charge on any atom is -0.273 e. The molecule has 0 saturated carbocycles. The minimum absolute atomic E-state index is 0.146. The number of carbonyl (C=O) groups excluding carboxylic acids is 2. The maximum Gasteiger partial charge on any atom is 0.416 e. The lowest BCUT2D eigenvalue weighted by atomic mass is 10.1. The van der Waals surface area contributed by atoms with Gasteiger partial charge in [0.2, 0.25) is 0 Å². The lowest BCUT2D eigenvalue weighted by molar-refractivity contribution is -0.137. The Kier molecular flexibility index (Phi) is 4.36. The van der Waals surface area contributed by atoms with E-state index in [9.17, 15) is 22.8 Å². The summed E-state index contributed by atoms with van der Waals surface area (Å²) in [6.45, 7) is 0.146. The van der Waals surface area contributed by atoms with Gasteiger partial charge in [-0.05, 0) is 30.3 Å². The van der Waals surface area contributed by atoms with Crippen molar-refractivity contribution in [1.82, 2.24) is 4.90 Å². The Bertz CT molecular complexity index is 769. The van der Waals surface area contributed by atoms with E-state index in [4.69, 9.17) is 0 Å². The van der Waals surface area contributed by atoms with Gasteiger partial charge in [-0.2, -0.15) is 13.2 Å². The van der Waals surface area contributed by atoms with Gasteiger partial charge < -0.3 is 0 Å². The lowest BCUT2D eigenvalue weighted by Gasteiger charge is -2.13. The smallest absolute Gasteiger partial charge is 0.273 e. The molecule has 24 heavy (non-hydrogen) atoms. The second-order valence-electron chi connectivity index (χ2n) is 5.18. The summed E-state index contributed by atoms with van der Waals surface area (Å²) in [5, 5.41) is 0. The van der Waals surface area contributed by atoms with Crippen LogP contribution in [0, 0.1) is 0 Å². The Balaban J connectivity index is 1.64. The maximum absolute atomic E-state index is 12.7. The molecule has 0 aromatic heterocycles. The SMILES string of the molecule is O=C1c2ccccc2C(=O)N1CCSc1cccc(C(F)(F)F)c1. The Morgan fingerprint density at radius 3 is 2.12 bits per heavy atom. The molecule has 0 aliphatic carbocycles. The Hall–Kier alpha value is -2.28. The molecule has 0 spiro atoms. The van der Waals surface area contributed by atoms with Crippen molar-refractivity contribution in [3.05, 3.63) is 65.2 Å². The summed E-state index contributed by atoms with van der Waals surface area (Å²) in [7, 11) is 0. The third-order valence-corrected chi connectivity index (χ3v) is 4.60. The van der Waals surface area contributed by atoms with Crippen molar-refractivity contribution < 1.29 is 22.8 Å². The average Bonchev–Trinajstić information content (AvgIpc) is 2.80. The summed E-state index contributed by atoms with van der Waals surface area (Å²) >= 11 is 1.17. The number of imide groups is 1. The van der Waals surface area contributed by atoms with E-state index in [-0.39, 0.29) is 18.4 Å². The molecule has 7 heteroatoms. The quantitative estimate of drug-likeness (QED) is 0.615. The zero-order valence-electron chi connectivity index (χ0n) is 12.3. The molecule has 2 aromatic rings. The monoisotopic (exact) mass is 351 g/mol. The molecule has 1 aliphatic heterocycles. The zero-order chi connectivity index (χ0) is 17.3. The molecule has 0 unspecified atom stereocenters.